The number of aryl methyl sites for hydroxylation is 1. The van der Waals surface area contributed by atoms with E-state index in [0.29, 0.717) is 11.7 Å². The SMILES string of the molecule is Cc1noc(CNC(=O)CCNS(=O)(=O)c2ccccc2)n1. The maximum atomic E-state index is 11.9. The Morgan fingerprint density at radius 1 is 1.27 bits per heavy atom. The molecule has 2 aromatic rings. The van der Waals surface area contributed by atoms with Crippen LogP contribution in [0.1, 0.15) is 18.1 Å². The number of nitrogens with zero attached hydrogens (tertiary/aromatic N) is 2. The van der Waals surface area contributed by atoms with Crippen LogP contribution in [-0.2, 0) is 21.4 Å². The van der Waals surface area contributed by atoms with Crippen LogP contribution in [0.2, 0.25) is 0 Å². The van der Waals surface area contributed by atoms with Crippen molar-refractivity contribution in [1.82, 2.24) is 20.2 Å². The molecule has 8 nitrogen and oxygen atoms in total. The van der Waals surface area contributed by atoms with Crippen LogP contribution < -0.4 is 10.0 Å². The van der Waals surface area contributed by atoms with E-state index in [4.69, 9.17) is 4.52 Å². The van der Waals surface area contributed by atoms with Crippen molar-refractivity contribution >= 4 is 15.9 Å². The molecule has 0 bridgehead atoms. The number of benzene rings is 1. The quantitative estimate of drug-likeness (QED) is 0.760. The Morgan fingerprint density at radius 3 is 2.64 bits per heavy atom. The molecule has 2 rings (SSSR count). The molecule has 1 heterocycles. The van der Waals surface area contributed by atoms with Gasteiger partial charge >= 0.3 is 0 Å². The fourth-order valence-corrected chi connectivity index (χ4v) is 2.71. The molecule has 1 amide bonds. The van der Waals surface area contributed by atoms with Crippen LogP contribution in [0, 0.1) is 6.92 Å². The minimum Gasteiger partial charge on any atom is -0.347 e. The van der Waals surface area contributed by atoms with E-state index >= 15 is 0 Å². The highest BCUT2D eigenvalue weighted by molar-refractivity contribution is 7.89. The molecule has 9 heteroatoms. The summed E-state index contributed by atoms with van der Waals surface area (Å²) in [6, 6.07) is 7.97. The number of carbonyl (C=O) groups is 1. The van der Waals surface area contributed by atoms with Crippen LogP contribution in [0.15, 0.2) is 39.8 Å². The average Bonchev–Trinajstić information content (AvgIpc) is 2.91. The van der Waals surface area contributed by atoms with E-state index in [0.717, 1.165) is 0 Å². The van der Waals surface area contributed by atoms with Gasteiger partial charge in [-0.3, -0.25) is 4.79 Å². The van der Waals surface area contributed by atoms with Gasteiger partial charge in [0.1, 0.15) is 0 Å². The summed E-state index contributed by atoms with van der Waals surface area (Å²) in [5.74, 6) is 0.474. The standard InChI is InChI=1S/C13H16N4O4S/c1-10-16-13(21-17-10)9-14-12(18)7-8-15-22(19,20)11-5-3-2-4-6-11/h2-6,15H,7-9H2,1H3,(H,14,18). The highest BCUT2D eigenvalue weighted by Gasteiger charge is 2.13. The van der Waals surface area contributed by atoms with Gasteiger partial charge in [-0.05, 0) is 19.1 Å². The lowest BCUT2D eigenvalue weighted by molar-refractivity contribution is -0.121. The van der Waals surface area contributed by atoms with Crippen molar-refractivity contribution in [3.8, 4) is 0 Å². The topological polar surface area (TPSA) is 114 Å². The van der Waals surface area contributed by atoms with Crippen molar-refractivity contribution in [2.75, 3.05) is 6.54 Å². The molecule has 1 aromatic carbocycles. The zero-order valence-electron chi connectivity index (χ0n) is 11.9. The smallest absolute Gasteiger partial charge is 0.246 e. The lowest BCUT2D eigenvalue weighted by atomic mass is 10.4. The molecule has 1 aromatic heterocycles. The predicted octanol–water partition coefficient (Wildman–Crippen LogP) is 0.363. The van der Waals surface area contributed by atoms with Gasteiger partial charge < -0.3 is 9.84 Å². The summed E-state index contributed by atoms with van der Waals surface area (Å²) in [5.41, 5.74) is 0. The molecule has 2 N–H and O–H groups in total. The van der Waals surface area contributed by atoms with Crippen LogP contribution in [-0.4, -0.2) is 31.0 Å². The number of rotatable bonds is 7. The molecule has 0 spiro atoms. The molecule has 118 valence electrons. The van der Waals surface area contributed by atoms with Gasteiger partial charge in [-0.1, -0.05) is 23.4 Å². The number of nitrogens with one attached hydrogen (secondary N) is 2. The molecule has 0 radical (unpaired) electrons. The summed E-state index contributed by atoms with van der Waals surface area (Å²) in [7, 11) is -3.59. The van der Waals surface area contributed by atoms with Gasteiger partial charge in [0, 0.05) is 13.0 Å². The third-order valence-electron chi connectivity index (χ3n) is 2.70. The molecule has 0 aliphatic carbocycles. The second kappa shape index (κ2) is 7.14. The van der Waals surface area contributed by atoms with Crippen LogP contribution >= 0.6 is 0 Å². The fourth-order valence-electron chi connectivity index (χ4n) is 1.66. The monoisotopic (exact) mass is 324 g/mol. The lowest BCUT2D eigenvalue weighted by Gasteiger charge is -2.06. The number of hydrogen-bond donors (Lipinski definition) is 2. The Balaban J connectivity index is 1.75. The minimum atomic E-state index is -3.59. The number of carbonyl (C=O) groups excluding carboxylic acids is 1. The normalized spacial score (nSPS) is 11.3. The Morgan fingerprint density at radius 2 is 2.00 bits per heavy atom. The first-order valence-corrected chi connectivity index (χ1v) is 8.06. The largest absolute Gasteiger partial charge is 0.347 e. The van der Waals surface area contributed by atoms with E-state index in [9.17, 15) is 13.2 Å². The summed E-state index contributed by atoms with van der Waals surface area (Å²) in [6.07, 6.45) is 0.0131. The van der Waals surface area contributed by atoms with Crippen molar-refractivity contribution in [2.45, 2.75) is 24.8 Å². The maximum Gasteiger partial charge on any atom is 0.246 e. The van der Waals surface area contributed by atoms with Crippen molar-refractivity contribution in [3.63, 3.8) is 0 Å². The molecule has 0 saturated heterocycles. The second-order valence-corrected chi connectivity index (χ2v) is 6.24. The van der Waals surface area contributed by atoms with Crippen molar-refractivity contribution in [3.05, 3.63) is 42.0 Å². The number of amides is 1. The van der Waals surface area contributed by atoms with Gasteiger partial charge in [0.15, 0.2) is 5.82 Å². The highest BCUT2D eigenvalue weighted by atomic mass is 32.2. The predicted molar refractivity (Wildman–Crippen MR) is 77.1 cm³/mol. The Labute approximate surface area is 128 Å². The summed E-state index contributed by atoms with van der Waals surface area (Å²) in [5, 5.41) is 6.16. The molecule has 0 atom stereocenters. The summed E-state index contributed by atoms with van der Waals surface area (Å²) < 4.78 is 31.1. The zero-order chi connectivity index (χ0) is 16.0. The number of aromatic nitrogens is 2. The van der Waals surface area contributed by atoms with E-state index < -0.39 is 10.0 Å². The van der Waals surface area contributed by atoms with Crippen LogP contribution in [0.4, 0.5) is 0 Å². The van der Waals surface area contributed by atoms with Crippen molar-refractivity contribution in [1.29, 1.82) is 0 Å². The van der Waals surface area contributed by atoms with Gasteiger partial charge in [0.25, 0.3) is 0 Å². The molecule has 22 heavy (non-hydrogen) atoms. The van der Waals surface area contributed by atoms with Gasteiger partial charge in [0.2, 0.25) is 21.8 Å². The highest BCUT2D eigenvalue weighted by Crippen LogP contribution is 2.06. The Bertz CT molecular complexity index is 728. The first-order chi connectivity index (χ1) is 10.5. The van der Waals surface area contributed by atoms with Crippen LogP contribution in [0.5, 0.6) is 0 Å². The average molecular weight is 324 g/mol. The van der Waals surface area contributed by atoms with Gasteiger partial charge in [-0.25, -0.2) is 13.1 Å². The summed E-state index contributed by atoms with van der Waals surface area (Å²) in [4.78, 5) is 15.7. The van der Waals surface area contributed by atoms with Gasteiger partial charge in [-0.2, -0.15) is 4.98 Å². The van der Waals surface area contributed by atoms with E-state index in [1.807, 2.05) is 0 Å². The second-order valence-electron chi connectivity index (χ2n) is 4.47. The zero-order valence-corrected chi connectivity index (χ0v) is 12.8. The van der Waals surface area contributed by atoms with Crippen LogP contribution in [0.25, 0.3) is 0 Å². The van der Waals surface area contributed by atoms with Gasteiger partial charge in [0.05, 0.1) is 11.4 Å². The van der Waals surface area contributed by atoms with Gasteiger partial charge in [-0.15, -0.1) is 0 Å². The van der Waals surface area contributed by atoms with E-state index in [1.165, 1.54) is 12.1 Å². The van der Waals surface area contributed by atoms with E-state index in [2.05, 4.69) is 20.2 Å². The molecule has 0 fully saturated rings. The molecule has 0 aliphatic rings. The van der Waals surface area contributed by atoms with E-state index in [1.54, 1.807) is 25.1 Å². The molecular weight excluding hydrogens is 308 g/mol. The molecule has 0 unspecified atom stereocenters. The minimum absolute atomic E-state index is 0.00588. The van der Waals surface area contributed by atoms with Crippen molar-refractivity contribution in [2.24, 2.45) is 0 Å². The maximum absolute atomic E-state index is 11.9. The lowest BCUT2D eigenvalue weighted by Crippen LogP contribution is -2.30. The number of sulfonamides is 1. The molecule has 0 aliphatic heterocycles. The Kier molecular flexibility index (Phi) is 5.23. The third-order valence-corrected chi connectivity index (χ3v) is 4.18. The number of hydrogen-bond acceptors (Lipinski definition) is 6. The summed E-state index contributed by atoms with van der Waals surface area (Å²) in [6.45, 7) is 1.80. The molecule has 0 saturated carbocycles. The molecular formula is C13H16N4O4S. The Hall–Kier alpha value is -2.26. The first-order valence-electron chi connectivity index (χ1n) is 6.58. The van der Waals surface area contributed by atoms with E-state index in [-0.39, 0.29) is 30.3 Å². The van der Waals surface area contributed by atoms with Crippen LogP contribution in [0.3, 0.4) is 0 Å². The van der Waals surface area contributed by atoms with Crippen molar-refractivity contribution < 1.29 is 17.7 Å². The fraction of sp³-hybridized carbons (Fsp3) is 0.308. The summed E-state index contributed by atoms with van der Waals surface area (Å²) >= 11 is 0. The first kappa shape index (κ1) is 16.1. The third kappa shape index (κ3) is 4.64.